The summed E-state index contributed by atoms with van der Waals surface area (Å²) in [4.78, 5) is 81.7. The topological polar surface area (TPSA) is 193 Å². The molecule has 6 unspecified atom stereocenters. The molecule has 0 bridgehead atoms. The van der Waals surface area contributed by atoms with Crippen molar-refractivity contribution in [2.75, 3.05) is 19.8 Å². The van der Waals surface area contributed by atoms with E-state index < -0.39 is 95.6 Å². The summed E-state index contributed by atoms with van der Waals surface area (Å²) in [6.07, 6.45) is 1.15. The summed E-state index contributed by atoms with van der Waals surface area (Å²) in [5.41, 5.74) is 0.625. The number of ether oxygens (including phenoxy) is 6. The molecule has 344 valence electrons. The van der Waals surface area contributed by atoms with Crippen molar-refractivity contribution in [3.8, 4) is 0 Å². The average molecular weight is 893 g/mol. The van der Waals surface area contributed by atoms with E-state index in [2.05, 4.69) is 5.32 Å². The van der Waals surface area contributed by atoms with Gasteiger partial charge in [-0.05, 0) is 63.8 Å². The Kier molecular flexibility index (Phi) is 14.1. The Bertz CT molecular complexity index is 2280. The van der Waals surface area contributed by atoms with E-state index in [4.69, 9.17) is 28.4 Å². The largest absolute Gasteiger partial charge is 0.462 e. The van der Waals surface area contributed by atoms with Gasteiger partial charge in [-0.1, -0.05) is 92.7 Å². The average Bonchev–Trinajstić information content (AvgIpc) is 4.01. The molecule has 1 aliphatic carbocycles. The molecule has 15 heteroatoms. The molecule has 2 amide bonds. The fourth-order valence-electron chi connectivity index (χ4n) is 8.52. The van der Waals surface area contributed by atoms with E-state index in [-0.39, 0.29) is 43.6 Å². The smallest absolute Gasteiger partial charge is 0.348 e. The molecular weight excluding hydrogens is 837 g/mol. The maximum absolute atomic E-state index is 14.6. The molecule has 7 rings (SSSR count). The molecule has 0 aromatic heterocycles. The fraction of sp³-hybridized carbons (Fsp3) is 0.440. The maximum Gasteiger partial charge on any atom is 0.348 e. The van der Waals surface area contributed by atoms with E-state index in [0.29, 0.717) is 29.5 Å². The van der Waals surface area contributed by atoms with E-state index in [1.165, 1.54) is 17.0 Å². The van der Waals surface area contributed by atoms with Gasteiger partial charge in [-0.25, -0.2) is 14.4 Å². The zero-order chi connectivity index (χ0) is 46.5. The molecule has 15 nitrogen and oxygen atoms in total. The van der Waals surface area contributed by atoms with Gasteiger partial charge >= 0.3 is 23.9 Å². The number of benzene rings is 3. The molecule has 2 N–H and O–H groups in total. The molecule has 0 saturated carbocycles. The van der Waals surface area contributed by atoms with Crippen molar-refractivity contribution < 1.29 is 62.3 Å². The predicted molar refractivity (Wildman–Crippen MR) is 234 cm³/mol. The number of likely N-dealkylation sites (tertiary alicyclic amines) is 1. The summed E-state index contributed by atoms with van der Waals surface area (Å²) in [6, 6.07) is 23.5. The first-order chi connectivity index (χ1) is 31.0. The van der Waals surface area contributed by atoms with Crippen LogP contribution < -0.4 is 5.32 Å². The zero-order valence-corrected chi connectivity index (χ0v) is 37.2. The first-order valence-electron chi connectivity index (χ1n) is 21.9. The number of aliphatic hydroxyl groups excluding tert-OH is 1. The third kappa shape index (κ3) is 10.7. The summed E-state index contributed by atoms with van der Waals surface area (Å²) in [7, 11) is 0. The second-order valence-electron chi connectivity index (χ2n) is 18.4. The molecule has 4 aliphatic rings. The van der Waals surface area contributed by atoms with Crippen LogP contribution in [-0.4, -0.2) is 108 Å². The Morgan fingerprint density at radius 2 is 1.58 bits per heavy atom. The monoisotopic (exact) mass is 892 g/mol. The Labute approximate surface area is 378 Å². The standard InChI is InChI=1S/C50H56N2O13/c1-48(2,3)64-41(55)25-23-35(29-53)51-44(56)37-21-14-26-52(37)45(57)32-27-38(42-39(28-32)63-50(65-42,33-16-8-6-9-17-33)34-18-10-7-11-19-34)61-46(58)36-20-13-12-15-31(36)22-24-40(54)62-43-47(59)60-30-49(43,4)5/h6-13,15-20,22,24,28,35,37-39,42-43,53H,14,21,23,25-27,29-30H2,1-5H3,(H,51,56). The lowest BCUT2D eigenvalue weighted by Gasteiger charge is -2.33. The Morgan fingerprint density at radius 1 is 0.923 bits per heavy atom. The lowest BCUT2D eigenvalue weighted by molar-refractivity contribution is -0.159. The second kappa shape index (κ2) is 19.5. The van der Waals surface area contributed by atoms with Crippen LogP contribution in [0.4, 0.5) is 0 Å². The van der Waals surface area contributed by atoms with Crippen molar-refractivity contribution in [2.45, 2.75) is 115 Å². The van der Waals surface area contributed by atoms with E-state index >= 15 is 0 Å². The predicted octanol–water partition coefficient (Wildman–Crippen LogP) is 5.33. The molecule has 65 heavy (non-hydrogen) atoms. The number of fused-ring (bicyclic) bond motifs is 1. The molecule has 0 spiro atoms. The van der Waals surface area contributed by atoms with Gasteiger partial charge in [0.05, 0.1) is 18.2 Å². The van der Waals surface area contributed by atoms with Crippen molar-refractivity contribution in [1.29, 1.82) is 0 Å². The molecule has 3 fully saturated rings. The van der Waals surface area contributed by atoms with E-state index in [9.17, 15) is 33.9 Å². The molecule has 3 aliphatic heterocycles. The normalized spacial score (nSPS) is 23.8. The van der Waals surface area contributed by atoms with Crippen LogP contribution in [0, 0.1) is 5.41 Å². The molecule has 3 heterocycles. The minimum Gasteiger partial charge on any atom is -0.462 e. The molecule has 3 aromatic carbocycles. The number of hydrogen-bond donors (Lipinski definition) is 2. The van der Waals surface area contributed by atoms with Gasteiger partial charge in [0.2, 0.25) is 23.7 Å². The van der Waals surface area contributed by atoms with Crippen molar-refractivity contribution >= 4 is 41.8 Å². The van der Waals surface area contributed by atoms with Gasteiger partial charge in [0.25, 0.3) is 0 Å². The second-order valence-corrected chi connectivity index (χ2v) is 18.4. The number of carbonyl (C=O) groups is 6. The fourth-order valence-corrected chi connectivity index (χ4v) is 8.52. The van der Waals surface area contributed by atoms with Gasteiger partial charge < -0.3 is 43.7 Å². The SMILES string of the molecule is CC(C)(C)OC(=O)CCC(CO)NC(=O)C1CCCN1C(=O)C1=CC2OC(c3ccccc3)(c3ccccc3)OC2C(OC(=O)c2ccccc2C=CC(=O)OC2C(=O)OCC2(C)C)C1. The van der Waals surface area contributed by atoms with Gasteiger partial charge in [-0.2, -0.15) is 0 Å². The van der Waals surface area contributed by atoms with Gasteiger partial charge in [0.1, 0.15) is 36.6 Å². The third-order valence-electron chi connectivity index (χ3n) is 11.7. The number of hydrogen-bond acceptors (Lipinski definition) is 13. The van der Waals surface area contributed by atoms with Crippen LogP contribution in [0.1, 0.15) is 93.8 Å². The number of cyclic esters (lactones) is 1. The molecule has 0 radical (unpaired) electrons. The van der Waals surface area contributed by atoms with Crippen LogP contribution in [0.5, 0.6) is 0 Å². The van der Waals surface area contributed by atoms with Crippen molar-refractivity contribution in [2.24, 2.45) is 5.41 Å². The number of nitrogens with zero attached hydrogens (tertiary/aromatic N) is 1. The highest BCUT2D eigenvalue weighted by Crippen LogP contribution is 2.47. The molecule has 3 saturated heterocycles. The van der Waals surface area contributed by atoms with Gasteiger partial charge in [0.15, 0.2) is 0 Å². The van der Waals surface area contributed by atoms with Crippen LogP contribution in [-0.2, 0) is 58.2 Å². The van der Waals surface area contributed by atoms with E-state index in [0.717, 1.165) is 6.08 Å². The Hall–Kier alpha value is -6.16. The summed E-state index contributed by atoms with van der Waals surface area (Å²) < 4.78 is 36.0. The third-order valence-corrected chi connectivity index (χ3v) is 11.7. The van der Waals surface area contributed by atoms with Crippen LogP contribution in [0.25, 0.3) is 6.08 Å². The van der Waals surface area contributed by atoms with Crippen LogP contribution in [0.15, 0.2) is 103 Å². The van der Waals surface area contributed by atoms with Crippen LogP contribution in [0.2, 0.25) is 0 Å². The maximum atomic E-state index is 14.6. The number of amides is 2. The number of esters is 4. The first-order valence-corrected chi connectivity index (χ1v) is 21.9. The number of aliphatic hydroxyl groups is 1. The van der Waals surface area contributed by atoms with E-state index in [1.54, 1.807) is 58.9 Å². The minimum absolute atomic E-state index is 0.0224. The number of carbonyl (C=O) groups excluding carboxylic acids is 6. The Morgan fingerprint density at radius 3 is 2.22 bits per heavy atom. The minimum atomic E-state index is -1.46. The summed E-state index contributed by atoms with van der Waals surface area (Å²) in [5.74, 6) is -5.04. The molecule has 3 aromatic rings. The number of rotatable bonds is 14. The zero-order valence-electron chi connectivity index (χ0n) is 37.2. The highest BCUT2D eigenvalue weighted by Gasteiger charge is 2.55. The summed E-state index contributed by atoms with van der Waals surface area (Å²) >= 11 is 0. The van der Waals surface area contributed by atoms with Crippen molar-refractivity contribution in [1.82, 2.24) is 10.2 Å². The highest BCUT2D eigenvalue weighted by atomic mass is 16.8. The summed E-state index contributed by atoms with van der Waals surface area (Å²) in [5, 5.41) is 12.9. The first kappa shape index (κ1) is 46.8. The van der Waals surface area contributed by atoms with Crippen molar-refractivity contribution in [3.63, 3.8) is 0 Å². The summed E-state index contributed by atoms with van der Waals surface area (Å²) in [6.45, 7) is 8.73. The van der Waals surface area contributed by atoms with Gasteiger partial charge in [-0.3, -0.25) is 14.4 Å². The van der Waals surface area contributed by atoms with Gasteiger partial charge in [-0.15, -0.1) is 0 Å². The quantitative estimate of drug-likeness (QED) is 0.120. The molecule has 6 atom stereocenters. The van der Waals surface area contributed by atoms with E-state index in [1.807, 2.05) is 60.7 Å². The van der Waals surface area contributed by atoms with Gasteiger partial charge in [0, 0.05) is 47.6 Å². The Balaban J connectivity index is 1.14. The highest BCUT2D eigenvalue weighted by molar-refractivity contribution is 5.99. The lowest BCUT2D eigenvalue weighted by atomic mass is 9.90. The van der Waals surface area contributed by atoms with Crippen LogP contribution in [0.3, 0.4) is 0 Å². The van der Waals surface area contributed by atoms with Crippen LogP contribution >= 0.6 is 0 Å². The molecular formula is C50H56N2O13. The lowest BCUT2D eigenvalue weighted by Crippen LogP contribution is -2.51. The van der Waals surface area contributed by atoms with Crippen molar-refractivity contribution in [3.05, 3.63) is 125 Å². The number of nitrogens with one attached hydrogen (secondary N) is 1.